The van der Waals surface area contributed by atoms with Gasteiger partial charge in [0.05, 0.1) is 23.3 Å². The van der Waals surface area contributed by atoms with Crippen LogP contribution in [0.2, 0.25) is 5.02 Å². The molecule has 1 heterocycles. The van der Waals surface area contributed by atoms with E-state index in [2.05, 4.69) is 22.0 Å². The molecule has 1 fully saturated rings. The van der Waals surface area contributed by atoms with E-state index < -0.39 is 15.9 Å². The van der Waals surface area contributed by atoms with Crippen molar-refractivity contribution in [2.24, 2.45) is 0 Å². The summed E-state index contributed by atoms with van der Waals surface area (Å²) in [4.78, 5) is 17.5. The van der Waals surface area contributed by atoms with Crippen molar-refractivity contribution in [3.63, 3.8) is 0 Å². The number of nitrogens with zero attached hydrogens (tertiary/aromatic N) is 3. The first kappa shape index (κ1) is 23.4. The molecule has 0 aromatic heterocycles. The van der Waals surface area contributed by atoms with Crippen LogP contribution in [0, 0.1) is 6.92 Å². The van der Waals surface area contributed by atoms with Crippen molar-refractivity contribution in [1.29, 1.82) is 0 Å². The van der Waals surface area contributed by atoms with E-state index in [1.165, 1.54) is 0 Å². The Morgan fingerprint density at radius 2 is 1.81 bits per heavy atom. The van der Waals surface area contributed by atoms with Crippen LogP contribution in [0.25, 0.3) is 0 Å². The van der Waals surface area contributed by atoms with Gasteiger partial charge < -0.3 is 15.1 Å². The highest BCUT2D eigenvalue weighted by Gasteiger charge is 2.24. The zero-order valence-corrected chi connectivity index (χ0v) is 19.7. The maximum absolute atomic E-state index is 12.9. The standard InChI is InChI=1S/C22H29ClN4O3S/c1-4-25-11-13-26(14-12-25)21-10-9-18(23)15-19(21)24-22(28)16-27(31(3,29)30)20-8-6-5-7-17(20)2/h5-10,15H,4,11-14,16H2,1-3H3,(H,24,28). The Morgan fingerprint density at radius 1 is 1.13 bits per heavy atom. The number of anilines is 3. The summed E-state index contributed by atoms with van der Waals surface area (Å²) in [5.74, 6) is -0.426. The maximum Gasteiger partial charge on any atom is 0.245 e. The molecule has 1 amide bonds. The minimum Gasteiger partial charge on any atom is -0.367 e. The zero-order valence-electron chi connectivity index (χ0n) is 18.1. The smallest absolute Gasteiger partial charge is 0.245 e. The second-order valence-corrected chi connectivity index (χ2v) is 10.0. The van der Waals surface area contributed by atoms with E-state index >= 15 is 0 Å². The molecular formula is C22H29ClN4O3S. The molecule has 0 unspecified atom stereocenters. The van der Waals surface area contributed by atoms with E-state index in [1.54, 1.807) is 24.3 Å². The van der Waals surface area contributed by atoms with Crippen molar-refractivity contribution in [2.75, 3.05) is 60.0 Å². The normalized spacial score (nSPS) is 15.0. The number of carbonyl (C=O) groups is 1. The van der Waals surface area contributed by atoms with E-state index in [-0.39, 0.29) is 6.54 Å². The summed E-state index contributed by atoms with van der Waals surface area (Å²) in [7, 11) is -3.65. The van der Waals surface area contributed by atoms with Crippen LogP contribution in [-0.2, 0) is 14.8 Å². The van der Waals surface area contributed by atoms with Gasteiger partial charge in [0.1, 0.15) is 6.54 Å². The summed E-state index contributed by atoms with van der Waals surface area (Å²) in [6.45, 7) is 8.23. The number of likely N-dealkylation sites (N-methyl/N-ethyl adjacent to an activating group) is 1. The first-order valence-electron chi connectivity index (χ1n) is 10.3. The number of halogens is 1. The third-order valence-electron chi connectivity index (χ3n) is 5.46. The van der Waals surface area contributed by atoms with Gasteiger partial charge in [0.25, 0.3) is 0 Å². The number of nitrogens with one attached hydrogen (secondary N) is 1. The van der Waals surface area contributed by atoms with E-state index in [9.17, 15) is 13.2 Å². The number of para-hydroxylation sites is 1. The number of aryl methyl sites for hydroxylation is 1. The van der Waals surface area contributed by atoms with Crippen molar-refractivity contribution >= 4 is 44.6 Å². The molecule has 0 bridgehead atoms. The summed E-state index contributed by atoms with van der Waals surface area (Å²) in [6, 6.07) is 12.5. The summed E-state index contributed by atoms with van der Waals surface area (Å²) in [5.41, 5.74) is 2.73. The molecule has 0 spiro atoms. The van der Waals surface area contributed by atoms with Gasteiger partial charge in [-0.25, -0.2) is 8.42 Å². The van der Waals surface area contributed by atoms with Gasteiger partial charge in [-0.1, -0.05) is 36.7 Å². The first-order valence-corrected chi connectivity index (χ1v) is 12.5. The average Bonchev–Trinajstić information content (AvgIpc) is 2.72. The van der Waals surface area contributed by atoms with Crippen molar-refractivity contribution < 1.29 is 13.2 Å². The van der Waals surface area contributed by atoms with Crippen LogP contribution in [0.3, 0.4) is 0 Å². The molecule has 168 valence electrons. The molecular weight excluding hydrogens is 436 g/mol. The van der Waals surface area contributed by atoms with E-state index in [4.69, 9.17) is 11.6 Å². The summed E-state index contributed by atoms with van der Waals surface area (Å²) in [5, 5.41) is 3.39. The Hall–Kier alpha value is -2.29. The lowest BCUT2D eigenvalue weighted by Crippen LogP contribution is -2.46. The first-order chi connectivity index (χ1) is 14.7. The fourth-order valence-corrected chi connectivity index (χ4v) is 4.82. The van der Waals surface area contributed by atoms with Gasteiger partial charge in [-0.15, -0.1) is 0 Å². The van der Waals surface area contributed by atoms with Crippen molar-refractivity contribution in [1.82, 2.24) is 4.90 Å². The molecule has 0 radical (unpaired) electrons. The van der Waals surface area contributed by atoms with Crippen LogP contribution in [0.5, 0.6) is 0 Å². The number of sulfonamides is 1. The minimum absolute atomic E-state index is 0.320. The highest BCUT2D eigenvalue weighted by atomic mass is 35.5. The van der Waals surface area contributed by atoms with Gasteiger partial charge in [0.2, 0.25) is 15.9 Å². The number of amides is 1. The molecule has 0 saturated carbocycles. The molecule has 9 heteroatoms. The average molecular weight is 465 g/mol. The van der Waals surface area contributed by atoms with Gasteiger partial charge in [-0.2, -0.15) is 0 Å². The molecule has 1 aliphatic rings. The zero-order chi connectivity index (χ0) is 22.6. The molecule has 3 rings (SSSR count). The Morgan fingerprint density at radius 3 is 2.42 bits per heavy atom. The van der Waals surface area contributed by atoms with Crippen LogP contribution in [-0.4, -0.2) is 64.7 Å². The third-order valence-corrected chi connectivity index (χ3v) is 6.83. The van der Waals surface area contributed by atoms with E-state index in [0.29, 0.717) is 16.4 Å². The van der Waals surface area contributed by atoms with Gasteiger partial charge in [0, 0.05) is 31.2 Å². The number of hydrogen-bond donors (Lipinski definition) is 1. The lowest BCUT2D eigenvalue weighted by molar-refractivity contribution is -0.114. The highest BCUT2D eigenvalue weighted by Crippen LogP contribution is 2.30. The monoisotopic (exact) mass is 464 g/mol. The van der Waals surface area contributed by atoms with Crippen molar-refractivity contribution in [3.05, 3.63) is 53.1 Å². The Bertz CT molecular complexity index is 1040. The lowest BCUT2D eigenvalue weighted by atomic mass is 10.2. The van der Waals surface area contributed by atoms with Crippen molar-refractivity contribution in [3.8, 4) is 0 Å². The molecule has 0 aliphatic carbocycles. The van der Waals surface area contributed by atoms with Gasteiger partial charge in [-0.3, -0.25) is 9.10 Å². The van der Waals surface area contributed by atoms with Crippen LogP contribution in [0.15, 0.2) is 42.5 Å². The molecule has 1 saturated heterocycles. The summed E-state index contributed by atoms with van der Waals surface area (Å²) in [6.07, 6.45) is 1.10. The van der Waals surface area contributed by atoms with Gasteiger partial charge in [-0.05, 0) is 43.3 Å². The Labute approximate surface area is 189 Å². The lowest BCUT2D eigenvalue weighted by Gasteiger charge is -2.36. The van der Waals surface area contributed by atoms with Crippen LogP contribution >= 0.6 is 11.6 Å². The number of hydrogen-bond acceptors (Lipinski definition) is 5. The molecule has 31 heavy (non-hydrogen) atoms. The minimum atomic E-state index is -3.65. The van der Waals surface area contributed by atoms with E-state index in [1.807, 2.05) is 25.1 Å². The largest absolute Gasteiger partial charge is 0.367 e. The number of piperazine rings is 1. The Balaban J connectivity index is 1.81. The van der Waals surface area contributed by atoms with Gasteiger partial charge in [0.15, 0.2) is 0 Å². The molecule has 2 aromatic carbocycles. The summed E-state index contributed by atoms with van der Waals surface area (Å²) < 4.78 is 26.0. The second kappa shape index (κ2) is 9.89. The number of carbonyl (C=O) groups excluding carboxylic acids is 1. The van der Waals surface area contributed by atoms with Crippen molar-refractivity contribution in [2.45, 2.75) is 13.8 Å². The van der Waals surface area contributed by atoms with Crippen LogP contribution in [0.1, 0.15) is 12.5 Å². The summed E-state index contributed by atoms with van der Waals surface area (Å²) >= 11 is 6.20. The Kier molecular flexibility index (Phi) is 7.46. The maximum atomic E-state index is 12.9. The fraction of sp³-hybridized carbons (Fsp3) is 0.409. The quantitative estimate of drug-likeness (QED) is 0.681. The van der Waals surface area contributed by atoms with Crippen LogP contribution in [0.4, 0.5) is 17.1 Å². The SMILES string of the molecule is CCN1CCN(c2ccc(Cl)cc2NC(=O)CN(c2ccccc2C)S(C)(=O)=O)CC1. The molecule has 1 N–H and O–H groups in total. The highest BCUT2D eigenvalue weighted by molar-refractivity contribution is 7.92. The molecule has 0 atom stereocenters. The topological polar surface area (TPSA) is 73.0 Å². The third kappa shape index (κ3) is 5.90. The van der Waals surface area contributed by atoms with Gasteiger partial charge >= 0.3 is 0 Å². The molecule has 2 aromatic rings. The fourth-order valence-electron chi connectivity index (χ4n) is 3.73. The molecule has 7 nitrogen and oxygen atoms in total. The molecule has 1 aliphatic heterocycles. The second-order valence-electron chi connectivity index (χ2n) is 7.69. The predicted octanol–water partition coefficient (Wildman–Crippen LogP) is 3.20. The van der Waals surface area contributed by atoms with E-state index in [0.717, 1.165) is 54.5 Å². The number of rotatable bonds is 7. The number of benzene rings is 2. The van der Waals surface area contributed by atoms with Crippen LogP contribution < -0.4 is 14.5 Å². The predicted molar refractivity (Wildman–Crippen MR) is 128 cm³/mol.